The van der Waals surface area contributed by atoms with Crippen LogP contribution < -0.4 is 5.32 Å². The predicted molar refractivity (Wildman–Crippen MR) is 77.2 cm³/mol. The number of halogens is 1. The van der Waals surface area contributed by atoms with Gasteiger partial charge in [-0.1, -0.05) is 53.7 Å². The van der Waals surface area contributed by atoms with Gasteiger partial charge in [0.05, 0.1) is 0 Å². The Bertz CT molecular complexity index is 325. The highest BCUT2D eigenvalue weighted by molar-refractivity contribution is 9.10. The summed E-state index contributed by atoms with van der Waals surface area (Å²) in [5.74, 6) is 0. The van der Waals surface area contributed by atoms with Crippen molar-refractivity contribution < 1.29 is 0 Å². The largest absolute Gasteiger partial charge is 0.307 e. The van der Waals surface area contributed by atoms with E-state index in [1.165, 1.54) is 44.1 Å². The molecule has 0 bridgehead atoms. The van der Waals surface area contributed by atoms with Gasteiger partial charge in [-0.05, 0) is 37.5 Å². The maximum absolute atomic E-state index is 3.78. The predicted octanol–water partition coefficient (Wildman–Crippen LogP) is 4.82. The van der Waals surface area contributed by atoms with Crippen LogP contribution in [0.3, 0.4) is 0 Å². The topological polar surface area (TPSA) is 12.0 Å². The highest BCUT2D eigenvalue weighted by atomic mass is 79.9. The van der Waals surface area contributed by atoms with Crippen LogP contribution in [0.4, 0.5) is 0 Å². The molecule has 0 amide bonds. The lowest BCUT2D eigenvalue weighted by Gasteiger charge is -2.22. The quantitative estimate of drug-likeness (QED) is 0.788. The zero-order valence-electron chi connectivity index (χ0n) is 10.6. The van der Waals surface area contributed by atoms with Crippen molar-refractivity contribution in [3.05, 3.63) is 34.3 Å². The van der Waals surface area contributed by atoms with Crippen molar-refractivity contribution in [1.29, 1.82) is 0 Å². The molecule has 0 heterocycles. The Morgan fingerprint density at radius 1 is 1.06 bits per heavy atom. The van der Waals surface area contributed by atoms with Gasteiger partial charge in [-0.2, -0.15) is 0 Å². The van der Waals surface area contributed by atoms with Gasteiger partial charge >= 0.3 is 0 Å². The number of hydrogen-bond donors (Lipinski definition) is 1. The molecular weight excluding hydrogens is 274 g/mol. The number of rotatable bonds is 3. The van der Waals surface area contributed by atoms with Crippen LogP contribution in [0.2, 0.25) is 0 Å². The summed E-state index contributed by atoms with van der Waals surface area (Å²) in [5, 5.41) is 3.78. The minimum atomic E-state index is 0.464. The van der Waals surface area contributed by atoms with Gasteiger partial charge in [0.15, 0.2) is 0 Å². The van der Waals surface area contributed by atoms with Crippen molar-refractivity contribution in [2.24, 2.45) is 0 Å². The zero-order chi connectivity index (χ0) is 12.1. The second kappa shape index (κ2) is 6.55. The molecule has 0 spiro atoms. The average Bonchev–Trinajstić information content (AvgIpc) is 2.58. The summed E-state index contributed by atoms with van der Waals surface area (Å²) in [6.07, 6.45) is 8.33. The Morgan fingerprint density at radius 2 is 1.65 bits per heavy atom. The molecule has 0 unspecified atom stereocenters. The molecule has 1 atom stereocenters. The fraction of sp³-hybridized carbons (Fsp3) is 0.600. The molecule has 0 aromatic heterocycles. The van der Waals surface area contributed by atoms with E-state index >= 15 is 0 Å². The van der Waals surface area contributed by atoms with Crippen LogP contribution in [-0.2, 0) is 0 Å². The van der Waals surface area contributed by atoms with Crippen LogP contribution in [0.25, 0.3) is 0 Å². The standard InChI is InChI=1S/C15H22BrN/c1-12(13-8-10-14(16)11-9-13)17-15-6-4-2-3-5-7-15/h8-12,15,17H,2-7H2,1H3/t12-/m1/s1. The fourth-order valence-corrected chi connectivity index (χ4v) is 2.91. The number of nitrogens with one attached hydrogen (secondary N) is 1. The zero-order valence-corrected chi connectivity index (χ0v) is 12.2. The second-order valence-electron chi connectivity index (χ2n) is 5.13. The molecule has 17 heavy (non-hydrogen) atoms. The van der Waals surface area contributed by atoms with Crippen LogP contribution in [0.5, 0.6) is 0 Å². The van der Waals surface area contributed by atoms with E-state index in [2.05, 4.69) is 52.4 Å². The van der Waals surface area contributed by atoms with Gasteiger partial charge < -0.3 is 5.32 Å². The summed E-state index contributed by atoms with van der Waals surface area (Å²) < 4.78 is 1.16. The summed E-state index contributed by atoms with van der Waals surface area (Å²) in [7, 11) is 0. The van der Waals surface area contributed by atoms with Gasteiger partial charge in [-0.3, -0.25) is 0 Å². The molecule has 2 rings (SSSR count). The van der Waals surface area contributed by atoms with Gasteiger partial charge in [0.2, 0.25) is 0 Å². The first-order valence-corrected chi connectivity index (χ1v) is 7.56. The Kier molecular flexibility index (Phi) is 5.05. The van der Waals surface area contributed by atoms with Gasteiger partial charge in [0, 0.05) is 16.6 Å². The van der Waals surface area contributed by atoms with E-state index in [1.54, 1.807) is 0 Å². The van der Waals surface area contributed by atoms with Crippen LogP contribution >= 0.6 is 15.9 Å². The van der Waals surface area contributed by atoms with Crippen LogP contribution in [-0.4, -0.2) is 6.04 Å². The molecule has 1 saturated carbocycles. The lowest BCUT2D eigenvalue weighted by Crippen LogP contribution is -2.30. The molecule has 1 aromatic rings. The van der Waals surface area contributed by atoms with Crippen molar-refractivity contribution in [2.75, 3.05) is 0 Å². The van der Waals surface area contributed by atoms with E-state index in [0.717, 1.165) is 10.5 Å². The van der Waals surface area contributed by atoms with Crippen molar-refractivity contribution in [2.45, 2.75) is 57.5 Å². The highest BCUT2D eigenvalue weighted by Crippen LogP contribution is 2.22. The first kappa shape index (κ1) is 13.1. The van der Waals surface area contributed by atoms with Crippen LogP contribution in [0, 0.1) is 0 Å². The molecule has 1 nitrogen and oxygen atoms in total. The Labute approximate surface area is 113 Å². The molecule has 1 aliphatic carbocycles. The monoisotopic (exact) mass is 295 g/mol. The molecule has 0 saturated heterocycles. The van der Waals surface area contributed by atoms with Crippen LogP contribution in [0.1, 0.15) is 57.1 Å². The molecule has 1 N–H and O–H groups in total. The molecule has 0 aliphatic heterocycles. The van der Waals surface area contributed by atoms with E-state index in [4.69, 9.17) is 0 Å². The Balaban J connectivity index is 1.91. The highest BCUT2D eigenvalue weighted by Gasteiger charge is 2.15. The summed E-state index contributed by atoms with van der Waals surface area (Å²) in [6.45, 7) is 2.27. The third-order valence-corrected chi connectivity index (χ3v) is 4.24. The van der Waals surface area contributed by atoms with E-state index in [9.17, 15) is 0 Å². The molecule has 2 heteroatoms. The summed E-state index contributed by atoms with van der Waals surface area (Å²) in [5.41, 5.74) is 1.39. The summed E-state index contributed by atoms with van der Waals surface area (Å²) >= 11 is 3.48. The lowest BCUT2D eigenvalue weighted by atomic mass is 10.0. The van der Waals surface area contributed by atoms with E-state index in [-0.39, 0.29) is 0 Å². The minimum absolute atomic E-state index is 0.464. The maximum Gasteiger partial charge on any atom is 0.0294 e. The van der Waals surface area contributed by atoms with E-state index in [0.29, 0.717) is 6.04 Å². The fourth-order valence-electron chi connectivity index (χ4n) is 2.65. The van der Waals surface area contributed by atoms with Crippen molar-refractivity contribution >= 4 is 15.9 Å². The smallest absolute Gasteiger partial charge is 0.0294 e. The Morgan fingerprint density at radius 3 is 2.24 bits per heavy atom. The average molecular weight is 296 g/mol. The molecule has 1 aliphatic rings. The normalized spacial score (nSPS) is 19.9. The molecule has 1 aromatic carbocycles. The number of hydrogen-bond acceptors (Lipinski definition) is 1. The van der Waals surface area contributed by atoms with Gasteiger partial charge in [0.25, 0.3) is 0 Å². The maximum atomic E-state index is 3.78. The van der Waals surface area contributed by atoms with Gasteiger partial charge in [0.1, 0.15) is 0 Å². The summed E-state index contributed by atoms with van der Waals surface area (Å²) in [4.78, 5) is 0. The van der Waals surface area contributed by atoms with E-state index in [1.807, 2.05) is 0 Å². The number of benzene rings is 1. The molecule has 94 valence electrons. The first-order chi connectivity index (χ1) is 8.25. The SMILES string of the molecule is C[C@@H](NC1CCCCCC1)c1ccc(Br)cc1. The van der Waals surface area contributed by atoms with Gasteiger partial charge in [-0.25, -0.2) is 0 Å². The van der Waals surface area contributed by atoms with Crippen molar-refractivity contribution in [3.63, 3.8) is 0 Å². The molecule has 1 fully saturated rings. The first-order valence-electron chi connectivity index (χ1n) is 6.77. The molecular formula is C15H22BrN. The second-order valence-corrected chi connectivity index (χ2v) is 6.04. The summed E-state index contributed by atoms with van der Waals surface area (Å²) in [6, 6.07) is 9.85. The van der Waals surface area contributed by atoms with Crippen LogP contribution in [0.15, 0.2) is 28.7 Å². The van der Waals surface area contributed by atoms with Crippen molar-refractivity contribution in [3.8, 4) is 0 Å². The lowest BCUT2D eigenvalue weighted by molar-refractivity contribution is 0.414. The molecule has 0 radical (unpaired) electrons. The Hall–Kier alpha value is -0.340. The van der Waals surface area contributed by atoms with Gasteiger partial charge in [-0.15, -0.1) is 0 Å². The third kappa shape index (κ3) is 4.11. The third-order valence-electron chi connectivity index (χ3n) is 3.71. The minimum Gasteiger partial charge on any atom is -0.307 e. The van der Waals surface area contributed by atoms with E-state index < -0.39 is 0 Å². The van der Waals surface area contributed by atoms with Crippen molar-refractivity contribution in [1.82, 2.24) is 5.32 Å².